The summed E-state index contributed by atoms with van der Waals surface area (Å²) in [5.74, 6) is -0.733. The van der Waals surface area contributed by atoms with Crippen LogP contribution in [-0.4, -0.2) is 12.3 Å². The van der Waals surface area contributed by atoms with Crippen LogP contribution in [0.2, 0.25) is 0 Å². The van der Waals surface area contributed by atoms with Gasteiger partial charge in [0.25, 0.3) is 0 Å². The van der Waals surface area contributed by atoms with Crippen LogP contribution in [0, 0.1) is 0 Å². The first-order valence-electron chi connectivity index (χ1n) is 5.50. The molecule has 0 radical (unpaired) electrons. The van der Waals surface area contributed by atoms with Gasteiger partial charge in [0.05, 0.1) is 5.41 Å². The van der Waals surface area contributed by atoms with E-state index in [1.165, 1.54) is 24.3 Å². The molecule has 0 aromatic heterocycles. The minimum atomic E-state index is -4.71. The smallest absolute Gasteiger partial charge is 0.406 e. The van der Waals surface area contributed by atoms with Crippen LogP contribution in [0.25, 0.3) is 0 Å². The summed E-state index contributed by atoms with van der Waals surface area (Å²) >= 11 is 0. The fraction of sp³-hybridized carbons (Fsp3) is 0.417. The molecule has 0 bridgehead atoms. The standard InChI is InChI=1S/C12H12F3NO2/c13-12(14,15)18-9-4-2-8(3-5-9)11(10(16)17)6-1-7-11/h2-5H,1,6-7H2,(H2,16,17). The Morgan fingerprint density at radius 3 is 2.11 bits per heavy atom. The minimum Gasteiger partial charge on any atom is -0.406 e. The fourth-order valence-corrected chi connectivity index (χ4v) is 2.18. The Bertz CT molecular complexity index is 449. The molecule has 0 spiro atoms. The van der Waals surface area contributed by atoms with Crippen molar-refractivity contribution in [3.63, 3.8) is 0 Å². The molecule has 0 heterocycles. The molecule has 6 heteroatoms. The normalized spacial score (nSPS) is 17.9. The molecule has 1 aliphatic carbocycles. The molecule has 0 atom stereocenters. The van der Waals surface area contributed by atoms with Crippen molar-refractivity contribution in [1.82, 2.24) is 0 Å². The molecule has 18 heavy (non-hydrogen) atoms. The van der Waals surface area contributed by atoms with Crippen LogP contribution in [0.3, 0.4) is 0 Å². The fourth-order valence-electron chi connectivity index (χ4n) is 2.18. The second kappa shape index (κ2) is 4.19. The molecule has 0 aliphatic heterocycles. The number of alkyl halides is 3. The summed E-state index contributed by atoms with van der Waals surface area (Å²) in [7, 11) is 0. The third kappa shape index (κ3) is 2.27. The first-order chi connectivity index (χ1) is 8.33. The minimum absolute atomic E-state index is 0.301. The van der Waals surface area contributed by atoms with Gasteiger partial charge in [-0.05, 0) is 30.5 Å². The molecule has 2 N–H and O–H groups in total. The van der Waals surface area contributed by atoms with Crippen LogP contribution in [0.4, 0.5) is 13.2 Å². The van der Waals surface area contributed by atoms with E-state index >= 15 is 0 Å². The van der Waals surface area contributed by atoms with E-state index in [-0.39, 0.29) is 5.75 Å². The van der Waals surface area contributed by atoms with Gasteiger partial charge in [-0.15, -0.1) is 13.2 Å². The molecule has 98 valence electrons. The lowest BCUT2D eigenvalue weighted by Gasteiger charge is -2.39. The number of carbonyl (C=O) groups excluding carboxylic acids is 1. The number of hydrogen-bond acceptors (Lipinski definition) is 2. The lowest BCUT2D eigenvalue weighted by atomic mass is 9.64. The van der Waals surface area contributed by atoms with Crippen LogP contribution < -0.4 is 10.5 Å². The molecule has 1 aromatic carbocycles. The quantitative estimate of drug-likeness (QED) is 0.906. The highest BCUT2D eigenvalue weighted by Gasteiger charge is 2.44. The van der Waals surface area contributed by atoms with E-state index in [1.807, 2.05) is 0 Å². The Morgan fingerprint density at radius 1 is 1.22 bits per heavy atom. The van der Waals surface area contributed by atoms with Crippen molar-refractivity contribution in [1.29, 1.82) is 0 Å². The second-order valence-corrected chi connectivity index (χ2v) is 4.37. The van der Waals surface area contributed by atoms with Crippen LogP contribution >= 0.6 is 0 Å². The average molecular weight is 259 g/mol. The summed E-state index contributed by atoms with van der Waals surface area (Å²) in [6.45, 7) is 0. The Labute approximate surface area is 102 Å². The molecule has 1 fully saturated rings. The molecular weight excluding hydrogens is 247 g/mol. The lowest BCUT2D eigenvalue weighted by molar-refractivity contribution is -0.274. The van der Waals surface area contributed by atoms with Gasteiger partial charge in [-0.2, -0.15) is 0 Å². The highest BCUT2D eigenvalue weighted by atomic mass is 19.4. The SMILES string of the molecule is NC(=O)C1(c2ccc(OC(F)(F)F)cc2)CCC1. The maximum atomic E-state index is 12.0. The molecule has 1 aromatic rings. The number of primary amides is 1. The van der Waals surface area contributed by atoms with Crippen molar-refractivity contribution < 1.29 is 22.7 Å². The van der Waals surface area contributed by atoms with Crippen molar-refractivity contribution in [3.05, 3.63) is 29.8 Å². The number of halogens is 3. The first kappa shape index (κ1) is 12.7. The Balaban J connectivity index is 2.20. The molecule has 0 saturated heterocycles. The maximum Gasteiger partial charge on any atom is 0.573 e. The largest absolute Gasteiger partial charge is 0.573 e. The van der Waals surface area contributed by atoms with Gasteiger partial charge in [0.1, 0.15) is 5.75 Å². The highest BCUT2D eigenvalue weighted by molar-refractivity contribution is 5.87. The monoisotopic (exact) mass is 259 g/mol. The first-order valence-corrected chi connectivity index (χ1v) is 5.50. The van der Waals surface area contributed by atoms with Crippen molar-refractivity contribution in [2.75, 3.05) is 0 Å². The van der Waals surface area contributed by atoms with Crippen molar-refractivity contribution >= 4 is 5.91 Å². The molecule has 1 aliphatic rings. The molecule has 0 unspecified atom stereocenters. The van der Waals surface area contributed by atoms with E-state index in [0.717, 1.165) is 6.42 Å². The summed E-state index contributed by atoms with van der Waals surface area (Å²) in [5.41, 5.74) is 5.29. The van der Waals surface area contributed by atoms with Crippen molar-refractivity contribution in [2.24, 2.45) is 5.73 Å². The van der Waals surface area contributed by atoms with Gasteiger partial charge in [0.2, 0.25) is 5.91 Å². The Morgan fingerprint density at radius 2 is 1.78 bits per heavy atom. The van der Waals surface area contributed by atoms with Crippen LogP contribution in [0.1, 0.15) is 24.8 Å². The van der Waals surface area contributed by atoms with Gasteiger partial charge in [-0.25, -0.2) is 0 Å². The number of benzene rings is 1. The summed E-state index contributed by atoms with van der Waals surface area (Å²) in [6.07, 6.45) is -2.54. The molecular formula is C12H12F3NO2. The third-order valence-corrected chi connectivity index (χ3v) is 3.32. The Hall–Kier alpha value is -1.72. The lowest BCUT2D eigenvalue weighted by Crippen LogP contribution is -2.46. The van der Waals surface area contributed by atoms with E-state index in [1.54, 1.807) is 0 Å². The molecule has 3 nitrogen and oxygen atoms in total. The zero-order valence-electron chi connectivity index (χ0n) is 9.46. The van der Waals surface area contributed by atoms with Gasteiger partial charge in [-0.1, -0.05) is 18.6 Å². The second-order valence-electron chi connectivity index (χ2n) is 4.37. The predicted molar refractivity (Wildman–Crippen MR) is 57.8 cm³/mol. The van der Waals surface area contributed by atoms with Gasteiger partial charge in [0.15, 0.2) is 0 Å². The van der Waals surface area contributed by atoms with Gasteiger partial charge in [0, 0.05) is 0 Å². The van der Waals surface area contributed by atoms with Crippen LogP contribution in [0.15, 0.2) is 24.3 Å². The number of ether oxygens (including phenoxy) is 1. The summed E-state index contributed by atoms with van der Waals surface area (Å²) in [6, 6.07) is 5.33. The van der Waals surface area contributed by atoms with E-state index in [0.29, 0.717) is 18.4 Å². The summed E-state index contributed by atoms with van der Waals surface area (Å²) in [4.78, 5) is 11.4. The summed E-state index contributed by atoms with van der Waals surface area (Å²) < 4.78 is 39.7. The molecule has 1 saturated carbocycles. The van der Waals surface area contributed by atoms with Crippen molar-refractivity contribution in [2.45, 2.75) is 31.0 Å². The number of amides is 1. The number of nitrogens with two attached hydrogens (primary N) is 1. The number of rotatable bonds is 3. The van der Waals surface area contributed by atoms with E-state index < -0.39 is 17.7 Å². The third-order valence-electron chi connectivity index (χ3n) is 3.32. The topological polar surface area (TPSA) is 52.3 Å². The van der Waals surface area contributed by atoms with Gasteiger partial charge >= 0.3 is 6.36 Å². The number of carbonyl (C=O) groups is 1. The zero-order chi connectivity index (χ0) is 13.4. The average Bonchev–Trinajstić information content (AvgIpc) is 2.15. The summed E-state index contributed by atoms with van der Waals surface area (Å²) in [5, 5.41) is 0. The highest BCUT2D eigenvalue weighted by Crippen LogP contribution is 2.43. The van der Waals surface area contributed by atoms with E-state index in [4.69, 9.17) is 5.73 Å². The van der Waals surface area contributed by atoms with Crippen LogP contribution in [0.5, 0.6) is 5.75 Å². The van der Waals surface area contributed by atoms with Gasteiger partial charge < -0.3 is 10.5 Å². The van der Waals surface area contributed by atoms with Crippen LogP contribution in [-0.2, 0) is 10.2 Å². The maximum absolute atomic E-state index is 12.0. The molecule has 1 amide bonds. The zero-order valence-corrected chi connectivity index (χ0v) is 9.46. The number of hydrogen-bond donors (Lipinski definition) is 1. The van der Waals surface area contributed by atoms with Crippen molar-refractivity contribution in [3.8, 4) is 5.75 Å². The van der Waals surface area contributed by atoms with E-state index in [9.17, 15) is 18.0 Å². The van der Waals surface area contributed by atoms with E-state index in [2.05, 4.69) is 4.74 Å². The Kier molecular flexibility index (Phi) is 2.96. The molecule has 2 rings (SSSR count). The van der Waals surface area contributed by atoms with Gasteiger partial charge in [-0.3, -0.25) is 4.79 Å². The predicted octanol–water partition coefficient (Wildman–Crippen LogP) is 2.49.